The van der Waals surface area contributed by atoms with Crippen molar-refractivity contribution < 1.29 is 19.8 Å². The zero-order chi connectivity index (χ0) is 8.85. The van der Waals surface area contributed by atoms with Crippen LogP contribution in [0.5, 0.6) is 0 Å². The Hall–Kier alpha value is -1.85. The molecule has 6 nitrogen and oxygen atoms in total. The van der Waals surface area contributed by atoms with Gasteiger partial charge in [0, 0.05) is 12.4 Å². The molecule has 0 bridgehead atoms. The first-order valence-electron chi connectivity index (χ1n) is 2.50. The van der Waals surface area contributed by atoms with Gasteiger partial charge in [0.05, 0.1) is 0 Å². The largest absolute Gasteiger partial charge is 0.476 e. The van der Waals surface area contributed by atoms with Gasteiger partial charge in [0.25, 0.3) is 0 Å². The molecule has 6 heteroatoms. The molecule has 0 rings (SSSR count). The average molecular weight is 158 g/mol. The third-order valence-electron chi connectivity index (χ3n) is 0.695. The van der Waals surface area contributed by atoms with Crippen molar-refractivity contribution in [2.45, 2.75) is 0 Å². The van der Waals surface area contributed by atoms with Crippen LogP contribution < -0.4 is 5.73 Å². The van der Waals surface area contributed by atoms with Gasteiger partial charge < -0.3 is 15.9 Å². The van der Waals surface area contributed by atoms with Crippen LogP contribution in [0.1, 0.15) is 0 Å². The van der Waals surface area contributed by atoms with E-state index in [1.54, 1.807) is 0 Å². The molecule has 0 saturated heterocycles. The van der Waals surface area contributed by atoms with E-state index in [0.29, 0.717) is 0 Å². The molecule has 0 aliphatic heterocycles. The highest BCUT2D eigenvalue weighted by Crippen LogP contribution is 1.81. The Kier molecular flexibility index (Phi) is 3.36. The Balaban J connectivity index is 4.60. The summed E-state index contributed by atoms with van der Waals surface area (Å²) in [7, 11) is 0. The Bertz CT molecular complexity index is 215. The number of carbonyl (C=O) groups is 2. The predicted octanol–water partition coefficient (Wildman–Crippen LogP) is -0.974. The smallest absolute Gasteiger partial charge is 0.362 e. The summed E-state index contributed by atoms with van der Waals surface area (Å²) in [5.74, 6) is -3.20. The van der Waals surface area contributed by atoms with Gasteiger partial charge in [-0.25, -0.2) is 14.6 Å². The van der Waals surface area contributed by atoms with Crippen molar-refractivity contribution in [3.05, 3.63) is 12.4 Å². The second-order valence-electron chi connectivity index (χ2n) is 1.43. The zero-order valence-corrected chi connectivity index (χ0v) is 5.39. The van der Waals surface area contributed by atoms with Crippen LogP contribution in [-0.4, -0.2) is 27.9 Å². The maximum Gasteiger partial charge on any atom is 0.362 e. The van der Waals surface area contributed by atoms with E-state index in [2.05, 4.69) is 4.99 Å². The van der Waals surface area contributed by atoms with E-state index in [4.69, 9.17) is 15.9 Å². The summed E-state index contributed by atoms with van der Waals surface area (Å²) in [5.41, 5.74) is 3.84. The SMILES string of the molecule is NC=CN=C(C(=O)O)C(=O)O. The summed E-state index contributed by atoms with van der Waals surface area (Å²) in [4.78, 5) is 23.2. The molecule has 0 aliphatic rings. The number of nitrogens with two attached hydrogens (primary N) is 1. The van der Waals surface area contributed by atoms with Gasteiger partial charge in [-0.1, -0.05) is 0 Å². The lowest BCUT2D eigenvalue weighted by Gasteiger charge is -1.89. The summed E-state index contributed by atoms with van der Waals surface area (Å²) in [6.07, 6.45) is 1.82. The van der Waals surface area contributed by atoms with E-state index in [0.717, 1.165) is 12.4 Å². The second kappa shape index (κ2) is 4.04. The minimum atomic E-state index is -1.60. The highest BCUT2D eigenvalue weighted by molar-refractivity contribution is 6.61. The summed E-state index contributed by atoms with van der Waals surface area (Å²) in [6.45, 7) is 0. The molecule has 0 fully saturated rings. The van der Waals surface area contributed by atoms with E-state index in [-0.39, 0.29) is 0 Å². The van der Waals surface area contributed by atoms with Crippen LogP contribution in [0.4, 0.5) is 0 Å². The number of aliphatic imine (C=N–C) groups is 1. The molecule has 0 amide bonds. The third kappa shape index (κ3) is 2.99. The Labute approximate surface area is 61.7 Å². The van der Waals surface area contributed by atoms with E-state index < -0.39 is 17.7 Å². The van der Waals surface area contributed by atoms with Gasteiger partial charge in [0.15, 0.2) is 0 Å². The zero-order valence-electron chi connectivity index (χ0n) is 5.39. The van der Waals surface area contributed by atoms with Crippen LogP contribution in [-0.2, 0) is 9.59 Å². The molecule has 0 unspecified atom stereocenters. The van der Waals surface area contributed by atoms with Crippen molar-refractivity contribution in [3.8, 4) is 0 Å². The lowest BCUT2D eigenvalue weighted by atomic mass is 10.4. The molecule has 0 aromatic rings. The van der Waals surface area contributed by atoms with Crippen molar-refractivity contribution in [1.82, 2.24) is 0 Å². The number of hydrogen-bond donors (Lipinski definition) is 3. The predicted molar refractivity (Wildman–Crippen MR) is 36.0 cm³/mol. The van der Waals surface area contributed by atoms with Crippen LogP contribution in [0, 0.1) is 0 Å². The van der Waals surface area contributed by atoms with E-state index in [1.807, 2.05) is 0 Å². The summed E-state index contributed by atoms with van der Waals surface area (Å²) in [6, 6.07) is 0. The van der Waals surface area contributed by atoms with Crippen LogP contribution in [0.2, 0.25) is 0 Å². The fourth-order valence-corrected chi connectivity index (χ4v) is 0.319. The molecule has 11 heavy (non-hydrogen) atoms. The first kappa shape index (κ1) is 9.15. The van der Waals surface area contributed by atoms with Crippen LogP contribution in [0.25, 0.3) is 0 Å². The van der Waals surface area contributed by atoms with Gasteiger partial charge in [-0.3, -0.25) is 0 Å². The van der Waals surface area contributed by atoms with Crippen molar-refractivity contribution in [2.24, 2.45) is 10.7 Å². The van der Waals surface area contributed by atoms with Crippen LogP contribution in [0.15, 0.2) is 17.4 Å². The maximum atomic E-state index is 10.1. The molecule has 0 atom stereocenters. The fourth-order valence-electron chi connectivity index (χ4n) is 0.319. The third-order valence-corrected chi connectivity index (χ3v) is 0.695. The number of rotatable bonds is 3. The molecule has 0 spiro atoms. The van der Waals surface area contributed by atoms with Crippen molar-refractivity contribution in [3.63, 3.8) is 0 Å². The highest BCUT2D eigenvalue weighted by atomic mass is 16.4. The second-order valence-corrected chi connectivity index (χ2v) is 1.43. The van der Waals surface area contributed by atoms with Crippen LogP contribution in [0.3, 0.4) is 0 Å². The molecule has 0 aliphatic carbocycles. The van der Waals surface area contributed by atoms with E-state index in [1.165, 1.54) is 0 Å². The molecular weight excluding hydrogens is 152 g/mol. The highest BCUT2D eigenvalue weighted by Gasteiger charge is 2.16. The summed E-state index contributed by atoms with van der Waals surface area (Å²) < 4.78 is 0. The normalized spacial score (nSPS) is 9.45. The minimum Gasteiger partial charge on any atom is -0.476 e. The monoisotopic (exact) mass is 158 g/mol. The van der Waals surface area contributed by atoms with Crippen molar-refractivity contribution in [1.29, 1.82) is 0 Å². The maximum absolute atomic E-state index is 10.1. The molecule has 0 radical (unpaired) electrons. The molecule has 0 aromatic heterocycles. The quantitative estimate of drug-likeness (QED) is 0.361. The average Bonchev–Trinajstić information content (AvgIpc) is 1.87. The van der Waals surface area contributed by atoms with E-state index in [9.17, 15) is 9.59 Å². The lowest BCUT2D eigenvalue weighted by molar-refractivity contribution is -0.134. The molecule has 4 N–H and O–H groups in total. The Morgan fingerprint density at radius 1 is 1.27 bits per heavy atom. The number of aliphatic carboxylic acids is 2. The van der Waals surface area contributed by atoms with Crippen molar-refractivity contribution in [2.75, 3.05) is 0 Å². The minimum absolute atomic E-state index is 0.886. The first-order chi connectivity index (χ1) is 5.09. The Morgan fingerprint density at radius 2 is 1.73 bits per heavy atom. The number of nitrogens with zero attached hydrogens (tertiary/aromatic N) is 1. The van der Waals surface area contributed by atoms with Gasteiger partial charge in [0.2, 0.25) is 5.71 Å². The van der Waals surface area contributed by atoms with Crippen molar-refractivity contribution >= 4 is 17.7 Å². The molecule has 0 aromatic carbocycles. The van der Waals surface area contributed by atoms with Gasteiger partial charge >= 0.3 is 11.9 Å². The standard InChI is InChI=1S/C5H6N2O4/c6-1-2-7-3(4(8)9)5(10)11/h1-2H,6H2,(H,8,9)(H,10,11). The molecular formula is C5H6N2O4. The first-order valence-corrected chi connectivity index (χ1v) is 2.50. The summed E-state index contributed by atoms with van der Waals surface area (Å²) in [5, 5.41) is 16.4. The molecule has 60 valence electrons. The fraction of sp³-hybridized carbons (Fsp3) is 0. The summed E-state index contributed by atoms with van der Waals surface area (Å²) >= 11 is 0. The number of hydrogen-bond acceptors (Lipinski definition) is 4. The Morgan fingerprint density at radius 3 is 2.00 bits per heavy atom. The van der Waals surface area contributed by atoms with Gasteiger partial charge in [0.1, 0.15) is 0 Å². The van der Waals surface area contributed by atoms with E-state index >= 15 is 0 Å². The number of carboxylic acid groups (broad SMARTS) is 2. The van der Waals surface area contributed by atoms with Gasteiger partial charge in [-0.15, -0.1) is 0 Å². The topological polar surface area (TPSA) is 113 Å². The van der Waals surface area contributed by atoms with Gasteiger partial charge in [-0.05, 0) is 0 Å². The van der Waals surface area contributed by atoms with Crippen LogP contribution >= 0.6 is 0 Å². The lowest BCUT2D eigenvalue weighted by Crippen LogP contribution is -2.22. The molecule has 0 heterocycles. The van der Waals surface area contributed by atoms with Gasteiger partial charge in [-0.2, -0.15) is 0 Å². The molecule has 0 saturated carbocycles. The number of carboxylic acids is 2.